The van der Waals surface area contributed by atoms with Gasteiger partial charge in [-0.15, -0.1) is 10.2 Å². The Labute approximate surface area is 166 Å². The van der Waals surface area contributed by atoms with Crippen molar-refractivity contribution in [2.45, 2.75) is 10.1 Å². The molecule has 0 N–H and O–H groups in total. The molecule has 2 heterocycles. The number of thioether (sulfide) groups is 1. The summed E-state index contributed by atoms with van der Waals surface area (Å²) >= 11 is 4.30. The van der Waals surface area contributed by atoms with Crippen LogP contribution in [0.2, 0.25) is 0 Å². The number of esters is 1. The number of carbonyl (C=O) groups excluding carboxylic acids is 1. The van der Waals surface area contributed by atoms with Crippen molar-refractivity contribution < 1.29 is 9.53 Å². The summed E-state index contributed by atoms with van der Waals surface area (Å²) in [7, 11) is 1.36. The Morgan fingerprint density at radius 2 is 1.93 bits per heavy atom. The molecule has 2 aromatic carbocycles. The predicted molar refractivity (Wildman–Crippen MR) is 108 cm³/mol. The van der Waals surface area contributed by atoms with Crippen molar-refractivity contribution in [3.63, 3.8) is 0 Å². The van der Waals surface area contributed by atoms with E-state index in [1.165, 1.54) is 41.7 Å². The third-order valence-electron chi connectivity index (χ3n) is 3.80. The smallest absolute Gasteiger partial charge is 0.337 e. The molecule has 0 spiro atoms. The van der Waals surface area contributed by atoms with Gasteiger partial charge in [-0.3, -0.25) is 4.79 Å². The lowest BCUT2D eigenvalue weighted by Gasteiger charge is -2.01. The third-order valence-corrected chi connectivity index (χ3v) is 7.10. The fraction of sp³-hybridized carbons (Fsp3) is 0.111. The monoisotopic (exact) mass is 415 g/mol. The van der Waals surface area contributed by atoms with Crippen molar-refractivity contribution in [3.05, 3.63) is 70.0 Å². The molecular formula is C18H13N3O3S3. The number of rotatable bonds is 5. The van der Waals surface area contributed by atoms with Crippen LogP contribution < -0.4 is 5.56 Å². The number of methoxy groups -OCH3 is 1. The molecule has 0 saturated carbocycles. The zero-order valence-electron chi connectivity index (χ0n) is 14.1. The van der Waals surface area contributed by atoms with Crippen LogP contribution in [-0.2, 0) is 10.5 Å². The summed E-state index contributed by atoms with van der Waals surface area (Å²) in [5.74, 6) is 0.342. The average molecular weight is 416 g/mol. The van der Waals surface area contributed by atoms with Crippen LogP contribution >= 0.6 is 34.6 Å². The average Bonchev–Trinajstić information content (AvgIpc) is 3.31. The first-order valence-electron chi connectivity index (χ1n) is 7.91. The number of benzene rings is 2. The highest BCUT2D eigenvalue weighted by Crippen LogP contribution is 2.29. The molecule has 4 aromatic rings. The zero-order chi connectivity index (χ0) is 18.8. The lowest BCUT2D eigenvalue weighted by Crippen LogP contribution is -2.10. The normalized spacial score (nSPS) is 11.0. The molecule has 0 aliphatic heterocycles. The van der Waals surface area contributed by atoms with Crippen molar-refractivity contribution in [1.82, 2.24) is 14.2 Å². The van der Waals surface area contributed by atoms with Gasteiger partial charge >= 0.3 is 5.97 Å². The Morgan fingerprint density at radius 3 is 2.67 bits per heavy atom. The molecule has 0 unspecified atom stereocenters. The van der Waals surface area contributed by atoms with Gasteiger partial charge in [-0.05, 0) is 41.4 Å². The van der Waals surface area contributed by atoms with Crippen LogP contribution in [0, 0.1) is 0 Å². The molecule has 9 heteroatoms. The van der Waals surface area contributed by atoms with Crippen LogP contribution in [0.4, 0.5) is 0 Å². The highest BCUT2D eigenvalue weighted by atomic mass is 32.2. The van der Waals surface area contributed by atoms with Gasteiger partial charge in [0.05, 0.1) is 22.8 Å². The van der Waals surface area contributed by atoms with E-state index < -0.39 is 0 Å². The van der Waals surface area contributed by atoms with E-state index in [2.05, 4.69) is 10.2 Å². The van der Waals surface area contributed by atoms with E-state index in [1.54, 1.807) is 16.1 Å². The number of nitrogens with zero attached hydrogens (tertiary/aromatic N) is 3. The highest BCUT2D eigenvalue weighted by Gasteiger charge is 2.13. The van der Waals surface area contributed by atoms with Gasteiger partial charge in [-0.25, -0.2) is 8.75 Å². The van der Waals surface area contributed by atoms with Crippen LogP contribution in [0.15, 0.2) is 57.7 Å². The van der Waals surface area contributed by atoms with Crippen LogP contribution in [0.5, 0.6) is 0 Å². The van der Waals surface area contributed by atoms with Gasteiger partial charge in [0.15, 0.2) is 4.34 Å². The summed E-state index contributed by atoms with van der Waals surface area (Å²) in [5, 5.41) is 9.61. The largest absolute Gasteiger partial charge is 0.465 e. The second-order valence-corrected chi connectivity index (χ2v) is 8.68. The maximum atomic E-state index is 12.5. The first-order valence-corrected chi connectivity index (χ1v) is 10.5. The Kier molecular flexibility index (Phi) is 5.06. The van der Waals surface area contributed by atoms with Crippen molar-refractivity contribution in [3.8, 4) is 5.13 Å². The van der Waals surface area contributed by atoms with Gasteiger partial charge in [0.1, 0.15) is 0 Å². The van der Waals surface area contributed by atoms with E-state index in [0.717, 1.165) is 14.6 Å². The van der Waals surface area contributed by atoms with Crippen molar-refractivity contribution >= 4 is 50.7 Å². The Morgan fingerprint density at radius 1 is 1.15 bits per heavy atom. The molecule has 0 fully saturated rings. The molecule has 6 nitrogen and oxygen atoms in total. The quantitative estimate of drug-likeness (QED) is 0.363. The van der Waals surface area contributed by atoms with E-state index in [-0.39, 0.29) is 11.5 Å². The maximum Gasteiger partial charge on any atom is 0.337 e. The van der Waals surface area contributed by atoms with Crippen LogP contribution in [0.25, 0.3) is 15.2 Å². The van der Waals surface area contributed by atoms with E-state index in [1.807, 2.05) is 36.4 Å². The molecular weight excluding hydrogens is 402 g/mol. The SMILES string of the molecule is COC(=O)c1ccc(CSc2nnc(-n3sc4ccccc4c3=O)s2)cc1. The number of hydrogen-bond donors (Lipinski definition) is 0. The first kappa shape index (κ1) is 17.9. The molecule has 0 atom stereocenters. The molecule has 2 aromatic heterocycles. The number of carbonyl (C=O) groups is 1. The highest BCUT2D eigenvalue weighted by molar-refractivity contribution is 8.00. The Balaban J connectivity index is 1.49. The van der Waals surface area contributed by atoms with Crippen molar-refractivity contribution in [2.24, 2.45) is 0 Å². The molecule has 0 amide bonds. The fourth-order valence-electron chi connectivity index (χ4n) is 2.44. The molecule has 0 aliphatic carbocycles. The summed E-state index contributed by atoms with van der Waals surface area (Å²) in [5.41, 5.74) is 1.51. The van der Waals surface area contributed by atoms with Gasteiger partial charge in [-0.2, -0.15) is 0 Å². The topological polar surface area (TPSA) is 74.1 Å². The minimum Gasteiger partial charge on any atom is -0.465 e. The molecule has 4 rings (SSSR count). The number of hydrogen-bond acceptors (Lipinski definition) is 8. The maximum absolute atomic E-state index is 12.5. The van der Waals surface area contributed by atoms with Crippen molar-refractivity contribution in [1.29, 1.82) is 0 Å². The van der Waals surface area contributed by atoms with Gasteiger partial charge in [0, 0.05) is 5.75 Å². The second-order valence-electron chi connectivity index (χ2n) is 5.51. The number of aromatic nitrogens is 3. The lowest BCUT2D eigenvalue weighted by molar-refractivity contribution is 0.0600. The minimum atomic E-state index is -0.350. The summed E-state index contributed by atoms with van der Waals surface area (Å²) in [6, 6.07) is 14.8. The summed E-state index contributed by atoms with van der Waals surface area (Å²) in [6.07, 6.45) is 0. The zero-order valence-corrected chi connectivity index (χ0v) is 16.6. The standard InChI is InChI=1S/C18H13N3O3S3/c1-24-16(23)12-8-6-11(7-9-12)10-25-18-20-19-17(26-18)21-15(22)13-4-2-3-5-14(13)27-21/h2-9H,10H2,1H3. The van der Waals surface area contributed by atoms with E-state index >= 15 is 0 Å². The molecule has 136 valence electrons. The second kappa shape index (κ2) is 7.63. The number of fused-ring (bicyclic) bond motifs is 1. The van der Waals surface area contributed by atoms with E-state index in [0.29, 0.717) is 21.8 Å². The fourth-order valence-corrected chi connectivity index (χ4v) is 5.25. The van der Waals surface area contributed by atoms with Crippen LogP contribution in [0.1, 0.15) is 15.9 Å². The van der Waals surface area contributed by atoms with Gasteiger partial charge in [0.2, 0.25) is 5.13 Å². The molecule has 0 aliphatic rings. The summed E-state index contributed by atoms with van der Waals surface area (Å²) in [6.45, 7) is 0. The van der Waals surface area contributed by atoms with E-state index in [9.17, 15) is 9.59 Å². The van der Waals surface area contributed by atoms with Crippen molar-refractivity contribution in [2.75, 3.05) is 7.11 Å². The van der Waals surface area contributed by atoms with Gasteiger partial charge in [-0.1, -0.05) is 47.4 Å². The molecule has 27 heavy (non-hydrogen) atoms. The third kappa shape index (κ3) is 3.66. The van der Waals surface area contributed by atoms with E-state index in [4.69, 9.17) is 4.74 Å². The van der Waals surface area contributed by atoms with Crippen LogP contribution in [-0.4, -0.2) is 27.2 Å². The number of ether oxygens (including phenoxy) is 1. The summed E-state index contributed by atoms with van der Waals surface area (Å²) < 4.78 is 7.99. The Hall–Kier alpha value is -2.49. The Bertz CT molecular complexity index is 1160. The van der Waals surface area contributed by atoms with Gasteiger partial charge < -0.3 is 4.74 Å². The first-order chi connectivity index (χ1) is 13.2. The molecule has 0 saturated heterocycles. The predicted octanol–water partition coefficient (Wildman–Crippen LogP) is 3.98. The lowest BCUT2D eigenvalue weighted by atomic mass is 10.1. The molecule has 0 bridgehead atoms. The summed E-state index contributed by atoms with van der Waals surface area (Å²) in [4.78, 5) is 24.0. The molecule has 0 radical (unpaired) electrons. The van der Waals surface area contributed by atoms with Crippen LogP contribution in [0.3, 0.4) is 0 Å². The van der Waals surface area contributed by atoms with Gasteiger partial charge in [0.25, 0.3) is 5.56 Å². The minimum absolute atomic E-state index is 0.0679.